The molecule has 8 heteroatoms. The number of aromatic nitrogens is 2. The number of methoxy groups -OCH3 is 1. The maximum atomic E-state index is 14.4. The maximum Gasteiger partial charge on any atom is 0.243 e. The Balaban J connectivity index is 1.89. The fourth-order valence-electron chi connectivity index (χ4n) is 2.87. The summed E-state index contributed by atoms with van der Waals surface area (Å²) >= 11 is 0. The van der Waals surface area contributed by atoms with E-state index in [0.717, 1.165) is 11.6 Å². The summed E-state index contributed by atoms with van der Waals surface area (Å²) in [6.07, 6.45) is 3.32. The van der Waals surface area contributed by atoms with Gasteiger partial charge in [-0.2, -0.15) is 4.31 Å². The van der Waals surface area contributed by atoms with Crippen molar-refractivity contribution in [3.05, 3.63) is 66.4 Å². The lowest BCUT2D eigenvalue weighted by molar-refractivity contribution is 0.414. The second-order valence-electron chi connectivity index (χ2n) is 7.05. The van der Waals surface area contributed by atoms with E-state index in [1.165, 1.54) is 23.5 Å². The molecule has 2 aromatic carbocycles. The molecule has 0 amide bonds. The molecule has 0 aliphatic carbocycles. The highest BCUT2D eigenvalue weighted by Crippen LogP contribution is 2.27. The molecule has 29 heavy (non-hydrogen) atoms. The SMILES string of the molecule is COc1ccc(CN(C)S(=O)(=O)c2ccc(F)c(-c3cn(C(C)C)cn3)c2)cc1. The van der Waals surface area contributed by atoms with Crippen molar-refractivity contribution in [3.8, 4) is 17.0 Å². The third-order valence-corrected chi connectivity index (χ3v) is 6.48. The summed E-state index contributed by atoms with van der Waals surface area (Å²) in [5.74, 6) is 0.180. The van der Waals surface area contributed by atoms with Gasteiger partial charge in [-0.25, -0.2) is 17.8 Å². The van der Waals surface area contributed by atoms with E-state index in [0.29, 0.717) is 11.4 Å². The van der Waals surface area contributed by atoms with Crippen LogP contribution in [0.2, 0.25) is 0 Å². The molecule has 0 saturated carbocycles. The Morgan fingerprint density at radius 3 is 2.45 bits per heavy atom. The van der Waals surface area contributed by atoms with Crippen molar-refractivity contribution < 1.29 is 17.5 Å². The van der Waals surface area contributed by atoms with Crippen LogP contribution in [-0.4, -0.2) is 36.4 Å². The highest BCUT2D eigenvalue weighted by molar-refractivity contribution is 7.89. The van der Waals surface area contributed by atoms with Crippen LogP contribution in [0, 0.1) is 5.82 Å². The molecular formula is C21H24FN3O3S. The van der Waals surface area contributed by atoms with Gasteiger partial charge in [-0.05, 0) is 49.7 Å². The van der Waals surface area contributed by atoms with Gasteiger partial charge in [0.1, 0.15) is 11.6 Å². The monoisotopic (exact) mass is 417 g/mol. The first-order valence-corrected chi connectivity index (χ1v) is 10.6. The second-order valence-corrected chi connectivity index (χ2v) is 9.10. The van der Waals surface area contributed by atoms with Gasteiger partial charge in [0, 0.05) is 31.4 Å². The van der Waals surface area contributed by atoms with Crippen LogP contribution < -0.4 is 4.74 Å². The Morgan fingerprint density at radius 2 is 1.86 bits per heavy atom. The molecule has 0 spiro atoms. The van der Waals surface area contributed by atoms with Gasteiger partial charge in [0.2, 0.25) is 10.0 Å². The van der Waals surface area contributed by atoms with E-state index in [1.54, 1.807) is 43.9 Å². The number of imidazole rings is 1. The van der Waals surface area contributed by atoms with E-state index in [4.69, 9.17) is 4.74 Å². The van der Waals surface area contributed by atoms with Crippen LogP contribution in [0.25, 0.3) is 11.3 Å². The van der Waals surface area contributed by atoms with Crippen molar-refractivity contribution >= 4 is 10.0 Å². The summed E-state index contributed by atoms with van der Waals surface area (Å²) in [7, 11) is -0.741. The zero-order valence-corrected chi connectivity index (χ0v) is 17.6. The molecule has 3 rings (SSSR count). The molecule has 0 bridgehead atoms. The van der Waals surface area contributed by atoms with Gasteiger partial charge >= 0.3 is 0 Å². The molecule has 0 atom stereocenters. The third kappa shape index (κ3) is 4.49. The molecule has 1 aromatic heterocycles. The van der Waals surface area contributed by atoms with Crippen molar-refractivity contribution in [2.45, 2.75) is 31.3 Å². The lowest BCUT2D eigenvalue weighted by Crippen LogP contribution is -2.26. The van der Waals surface area contributed by atoms with E-state index < -0.39 is 15.8 Å². The Morgan fingerprint density at radius 1 is 1.17 bits per heavy atom. The van der Waals surface area contributed by atoms with Gasteiger partial charge in [-0.15, -0.1) is 0 Å². The van der Waals surface area contributed by atoms with Gasteiger partial charge < -0.3 is 9.30 Å². The minimum absolute atomic E-state index is 0.0176. The number of ether oxygens (including phenoxy) is 1. The zero-order valence-electron chi connectivity index (χ0n) is 16.8. The Kier molecular flexibility index (Phi) is 6.04. The Hall–Kier alpha value is -2.71. The topological polar surface area (TPSA) is 64.4 Å². The second kappa shape index (κ2) is 8.34. The largest absolute Gasteiger partial charge is 0.497 e. The average Bonchev–Trinajstić information content (AvgIpc) is 3.19. The normalized spacial score (nSPS) is 12.0. The number of rotatable bonds is 7. The van der Waals surface area contributed by atoms with E-state index in [9.17, 15) is 12.8 Å². The van der Waals surface area contributed by atoms with Gasteiger partial charge in [-0.3, -0.25) is 0 Å². The molecule has 3 aromatic rings. The molecule has 6 nitrogen and oxygen atoms in total. The molecule has 0 unspecified atom stereocenters. The quantitative estimate of drug-likeness (QED) is 0.581. The van der Waals surface area contributed by atoms with Crippen molar-refractivity contribution in [3.63, 3.8) is 0 Å². The smallest absolute Gasteiger partial charge is 0.243 e. The van der Waals surface area contributed by atoms with Crippen LogP contribution in [0.3, 0.4) is 0 Å². The molecule has 154 valence electrons. The minimum Gasteiger partial charge on any atom is -0.497 e. The van der Waals surface area contributed by atoms with Crippen LogP contribution in [0.5, 0.6) is 5.75 Å². The fourth-order valence-corrected chi connectivity index (χ4v) is 4.06. The lowest BCUT2D eigenvalue weighted by atomic mass is 10.1. The highest BCUT2D eigenvalue weighted by atomic mass is 32.2. The predicted octanol–water partition coefficient (Wildman–Crippen LogP) is 4.10. The summed E-state index contributed by atoms with van der Waals surface area (Å²) in [6, 6.07) is 11.1. The van der Waals surface area contributed by atoms with Crippen LogP contribution in [0.15, 0.2) is 59.9 Å². The van der Waals surface area contributed by atoms with Gasteiger partial charge in [0.15, 0.2) is 0 Å². The van der Waals surface area contributed by atoms with Crippen LogP contribution >= 0.6 is 0 Å². The first-order chi connectivity index (χ1) is 13.7. The Labute approximate surface area is 170 Å². The number of nitrogens with zero attached hydrogens (tertiary/aromatic N) is 3. The fraction of sp³-hybridized carbons (Fsp3) is 0.286. The van der Waals surface area contributed by atoms with Crippen LogP contribution in [0.4, 0.5) is 4.39 Å². The van der Waals surface area contributed by atoms with E-state index >= 15 is 0 Å². The molecule has 0 saturated heterocycles. The van der Waals surface area contributed by atoms with Crippen LogP contribution in [0.1, 0.15) is 25.5 Å². The van der Waals surface area contributed by atoms with Gasteiger partial charge in [0.05, 0.1) is 24.0 Å². The van der Waals surface area contributed by atoms with E-state index in [2.05, 4.69) is 4.98 Å². The lowest BCUT2D eigenvalue weighted by Gasteiger charge is -2.18. The molecule has 1 heterocycles. The van der Waals surface area contributed by atoms with Gasteiger partial charge in [0.25, 0.3) is 0 Å². The van der Waals surface area contributed by atoms with Crippen molar-refractivity contribution in [1.29, 1.82) is 0 Å². The Bertz CT molecular complexity index is 1090. The standard InChI is InChI=1S/C21H24FN3O3S/c1-15(2)25-13-21(23-14-25)19-11-18(9-10-20(19)22)29(26,27)24(3)12-16-5-7-17(28-4)8-6-16/h5-11,13-15H,12H2,1-4H3. The summed E-state index contributed by atoms with van der Waals surface area (Å²) in [5.41, 5.74) is 1.37. The third-order valence-electron chi connectivity index (χ3n) is 4.68. The number of hydrogen-bond donors (Lipinski definition) is 0. The first kappa shape index (κ1) is 21.0. The molecule has 0 radical (unpaired) electrons. The summed E-state index contributed by atoms with van der Waals surface area (Å²) in [6.45, 7) is 4.15. The van der Waals surface area contributed by atoms with Gasteiger partial charge in [-0.1, -0.05) is 12.1 Å². The molecule has 0 aliphatic heterocycles. The number of hydrogen-bond acceptors (Lipinski definition) is 4. The molecule has 0 N–H and O–H groups in total. The summed E-state index contributed by atoms with van der Waals surface area (Å²) < 4.78 is 48.6. The average molecular weight is 418 g/mol. The first-order valence-electron chi connectivity index (χ1n) is 9.15. The van der Waals surface area contributed by atoms with Crippen LogP contribution in [-0.2, 0) is 16.6 Å². The zero-order chi connectivity index (χ0) is 21.2. The molecule has 0 fully saturated rings. The number of halogens is 1. The maximum absolute atomic E-state index is 14.4. The predicted molar refractivity (Wildman–Crippen MR) is 110 cm³/mol. The molecular weight excluding hydrogens is 393 g/mol. The number of sulfonamides is 1. The highest BCUT2D eigenvalue weighted by Gasteiger charge is 2.23. The minimum atomic E-state index is -3.81. The summed E-state index contributed by atoms with van der Waals surface area (Å²) in [4.78, 5) is 4.24. The number of benzene rings is 2. The van der Waals surface area contributed by atoms with E-state index in [-0.39, 0.29) is 23.0 Å². The van der Waals surface area contributed by atoms with E-state index in [1.807, 2.05) is 18.4 Å². The van der Waals surface area contributed by atoms with Crippen molar-refractivity contribution in [2.75, 3.05) is 14.2 Å². The van der Waals surface area contributed by atoms with Crippen molar-refractivity contribution in [2.24, 2.45) is 0 Å². The van der Waals surface area contributed by atoms with Crippen molar-refractivity contribution in [1.82, 2.24) is 13.9 Å². The molecule has 0 aliphatic rings. The summed E-state index contributed by atoms with van der Waals surface area (Å²) in [5, 5.41) is 0.